The fraction of sp³-hybridized carbons (Fsp3) is 0.800. The van der Waals surface area contributed by atoms with Gasteiger partial charge in [-0.3, -0.25) is 0 Å². The molecule has 2 bridgehead atoms. The molecular weight excluding hydrogens is 232 g/mol. The van der Waals surface area contributed by atoms with Crippen molar-refractivity contribution in [1.29, 1.82) is 0 Å². The smallest absolute Gasteiger partial charge is 0.0504 e. The van der Waals surface area contributed by atoms with Crippen molar-refractivity contribution >= 4 is 15.9 Å². The van der Waals surface area contributed by atoms with Gasteiger partial charge in [-0.15, -0.1) is 0 Å². The minimum Gasteiger partial charge on any atom is -0.396 e. The van der Waals surface area contributed by atoms with Crippen molar-refractivity contribution < 1.29 is 10.2 Å². The molecule has 0 spiro atoms. The molecule has 0 aromatic rings. The summed E-state index contributed by atoms with van der Waals surface area (Å²) in [5.74, 6) is 1.19. The molecule has 2 aliphatic carbocycles. The highest BCUT2D eigenvalue weighted by Gasteiger charge is 2.54. The Bertz CT molecular complexity index is 223. The second-order valence-electron chi connectivity index (χ2n) is 4.20. The second-order valence-corrected chi connectivity index (χ2v) is 4.77. The fourth-order valence-corrected chi connectivity index (χ4v) is 3.95. The lowest BCUT2D eigenvalue weighted by Gasteiger charge is -2.38. The first-order valence-electron chi connectivity index (χ1n) is 4.74. The van der Waals surface area contributed by atoms with E-state index in [0.717, 1.165) is 11.8 Å². The van der Waals surface area contributed by atoms with Crippen LogP contribution < -0.4 is 0 Å². The third kappa shape index (κ3) is 1.14. The molecule has 0 amide bonds. The molecule has 0 heterocycles. The van der Waals surface area contributed by atoms with Crippen LogP contribution in [0.4, 0.5) is 0 Å². The van der Waals surface area contributed by atoms with Crippen LogP contribution in [0.15, 0.2) is 12.2 Å². The van der Waals surface area contributed by atoms with Gasteiger partial charge in [-0.25, -0.2) is 0 Å². The van der Waals surface area contributed by atoms with Gasteiger partial charge in [0.25, 0.3) is 0 Å². The molecule has 0 unspecified atom stereocenters. The van der Waals surface area contributed by atoms with Crippen LogP contribution in [0.5, 0.6) is 0 Å². The zero-order valence-electron chi connectivity index (χ0n) is 7.49. The molecule has 3 heteroatoms. The summed E-state index contributed by atoms with van der Waals surface area (Å²) in [7, 11) is 0. The van der Waals surface area contributed by atoms with Crippen molar-refractivity contribution in [3.63, 3.8) is 0 Å². The van der Waals surface area contributed by atoms with Gasteiger partial charge in [0.1, 0.15) is 0 Å². The summed E-state index contributed by atoms with van der Waals surface area (Å²) in [5.41, 5.74) is -0.103. The van der Waals surface area contributed by atoms with E-state index in [4.69, 9.17) is 0 Å². The van der Waals surface area contributed by atoms with Crippen LogP contribution in [0.2, 0.25) is 0 Å². The lowest BCUT2D eigenvalue weighted by Crippen LogP contribution is -2.41. The van der Waals surface area contributed by atoms with E-state index >= 15 is 0 Å². The van der Waals surface area contributed by atoms with Gasteiger partial charge >= 0.3 is 0 Å². The SMILES string of the molecule is OC[C@@H]1[C@@H]2C=C[C@@H](C2)[C@@]1(CO)CBr. The predicted octanol–water partition coefficient (Wildman–Crippen LogP) is 1.17. The van der Waals surface area contributed by atoms with Crippen molar-refractivity contribution in [2.45, 2.75) is 6.42 Å². The first-order valence-corrected chi connectivity index (χ1v) is 5.86. The van der Waals surface area contributed by atoms with Crippen LogP contribution in [-0.2, 0) is 0 Å². The third-order valence-corrected chi connectivity index (χ3v) is 4.89. The summed E-state index contributed by atoms with van der Waals surface area (Å²) >= 11 is 3.47. The highest BCUT2D eigenvalue weighted by Crippen LogP contribution is 2.56. The molecule has 0 radical (unpaired) electrons. The minimum atomic E-state index is -0.103. The monoisotopic (exact) mass is 246 g/mol. The maximum absolute atomic E-state index is 9.47. The Hall–Kier alpha value is 0.140. The Labute approximate surface area is 86.8 Å². The van der Waals surface area contributed by atoms with Gasteiger partial charge < -0.3 is 10.2 Å². The number of hydrogen-bond acceptors (Lipinski definition) is 2. The van der Waals surface area contributed by atoms with E-state index in [1.807, 2.05) is 0 Å². The highest BCUT2D eigenvalue weighted by atomic mass is 79.9. The first kappa shape index (κ1) is 9.69. The van der Waals surface area contributed by atoms with Crippen LogP contribution in [0.25, 0.3) is 0 Å². The molecule has 74 valence electrons. The lowest BCUT2D eigenvalue weighted by atomic mass is 9.71. The molecule has 13 heavy (non-hydrogen) atoms. The van der Waals surface area contributed by atoms with Crippen molar-refractivity contribution in [2.75, 3.05) is 18.5 Å². The fourth-order valence-electron chi connectivity index (χ4n) is 2.95. The first-order chi connectivity index (χ1) is 6.28. The summed E-state index contributed by atoms with van der Waals surface area (Å²) in [6.07, 6.45) is 5.51. The zero-order chi connectivity index (χ0) is 9.47. The van der Waals surface area contributed by atoms with E-state index in [9.17, 15) is 10.2 Å². The molecule has 1 saturated carbocycles. The van der Waals surface area contributed by atoms with E-state index in [0.29, 0.717) is 11.8 Å². The van der Waals surface area contributed by atoms with Crippen LogP contribution >= 0.6 is 15.9 Å². The Morgan fingerprint density at radius 3 is 2.62 bits per heavy atom. The van der Waals surface area contributed by atoms with E-state index in [-0.39, 0.29) is 24.5 Å². The number of hydrogen-bond donors (Lipinski definition) is 2. The second kappa shape index (κ2) is 3.37. The van der Waals surface area contributed by atoms with Crippen molar-refractivity contribution in [1.82, 2.24) is 0 Å². The molecule has 0 aromatic carbocycles. The van der Waals surface area contributed by atoms with Gasteiger partial charge in [0.15, 0.2) is 0 Å². The molecule has 0 aliphatic heterocycles. The summed E-state index contributed by atoms with van der Waals surface area (Å²) in [6, 6.07) is 0. The van der Waals surface area contributed by atoms with E-state index in [2.05, 4.69) is 28.1 Å². The topological polar surface area (TPSA) is 40.5 Å². The summed E-state index contributed by atoms with van der Waals surface area (Å²) in [4.78, 5) is 0. The van der Waals surface area contributed by atoms with Gasteiger partial charge in [0.05, 0.1) is 6.61 Å². The molecule has 2 aliphatic rings. The van der Waals surface area contributed by atoms with Gasteiger partial charge in [-0.05, 0) is 24.2 Å². The Morgan fingerprint density at radius 2 is 2.15 bits per heavy atom. The molecule has 0 aromatic heterocycles. The summed E-state index contributed by atoms with van der Waals surface area (Å²) in [6.45, 7) is 0.368. The van der Waals surface area contributed by atoms with Gasteiger partial charge in [-0.1, -0.05) is 28.1 Å². The largest absolute Gasteiger partial charge is 0.396 e. The predicted molar refractivity (Wildman–Crippen MR) is 54.6 cm³/mol. The highest BCUT2D eigenvalue weighted by molar-refractivity contribution is 9.09. The van der Waals surface area contributed by atoms with Crippen molar-refractivity contribution in [3.05, 3.63) is 12.2 Å². The third-order valence-electron chi connectivity index (χ3n) is 3.85. The summed E-state index contributed by atoms with van der Waals surface area (Å²) < 4.78 is 0. The van der Waals surface area contributed by atoms with E-state index in [1.165, 1.54) is 0 Å². The molecule has 2 nitrogen and oxygen atoms in total. The number of allylic oxidation sites excluding steroid dienone is 2. The minimum absolute atomic E-state index is 0.103. The Kier molecular flexibility index (Phi) is 2.51. The standard InChI is InChI=1S/C10H15BrO2/c11-5-10(6-13)8-2-1-7(3-8)9(10)4-12/h1-2,7-9,12-13H,3-6H2/t7-,8+,9-,10+/m1/s1. The molecule has 2 rings (SSSR count). The molecule has 1 fully saturated rings. The molecule has 4 atom stereocenters. The number of aliphatic hydroxyl groups is 2. The maximum atomic E-state index is 9.47. The average Bonchev–Trinajstić information content (AvgIpc) is 2.74. The van der Waals surface area contributed by atoms with Crippen LogP contribution in [0, 0.1) is 23.2 Å². The Morgan fingerprint density at radius 1 is 1.38 bits per heavy atom. The Balaban J connectivity index is 2.30. The van der Waals surface area contributed by atoms with Gasteiger partial charge in [-0.2, -0.15) is 0 Å². The number of aliphatic hydroxyl groups excluding tert-OH is 2. The normalized spacial score (nSPS) is 47.5. The number of fused-ring (bicyclic) bond motifs is 2. The lowest BCUT2D eigenvalue weighted by molar-refractivity contribution is 0.0379. The van der Waals surface area contributed by atoms with Crippen molar-refractivity contribution in [3.8, 4) is 0 Å². The quantitative estimate of drug-likeness (QED) is 0.580. The number of alkyl halides is 1. The zero-order valence-corrected chi connectivity index (χ0v) is 9.07. The van der Waals surface area contributed by atoms with Crippen LogP contribution in [-0.4, -0.2) is 28.8 Å². The van der Waals surface area contributed by atoms with Gasteiger partial charge in [0, 0.05) is 17.4 Å². The molecular formula is C10H15BrO2. The van der Waals surface area contributed by atoms with Gasteiger partial charge in [0.2, 0.25) is 0 Å². The maximum Gasteiger partial charge on any atom is 0.0504 e. The number of halogens is 1. The number of rotatable bonds is 3. The van der Waals surface area contributed by atoms with E-state index < -0.39 is 0 Å². The van der Waals surface area contributed by atoms with Crippen LogP contribution in [0.3, 0.4) is 0 Å². The molecule has 2 N–H and O–H groups in total. The average molecular weight is 247 g/mol. The molecule has 0 saturated heterocycles. The van der Waals surface area contributed by atoms with Crippen LogP contribution in [0.1, 0.15) is 6.42 Å². The van der Waals surface area contributed by atoms with E-state index in [1.54, 1.807) is 0 Å². The van der Waals surface area contributed by atoms with Crippen molar-refractivity contribution in [2.24, 2.45) is 23.2 Å². The summed E-state index contributed by atoms with van der Waals surface area (Å²) in [5, 5.41) is 19.6.